The van der Waals surface area contributed by atoms with Crippen LogP contribution in [-0.4, -0.2) is 23.0 Å². The first-order valence-corrected chi connectivity index (χ1v) is 7.31. The molecule has 0 aromatic heterocycles. The van der Waals surface area contributed by atoms with Gasteiger partial charge in [-0.15, -0.1) is 0 Å². The standard InChI is InChI=1S/C10H13FS2/c11-9-1-3-10(4-2-9)13-7-5-12-6-8-13/h1-4,13H,5-8H2. The molecule has 1 fully saturated rings. The Morgan fingerprint density at radius 1 is 1.08 bits per heavy atom. The molecule has 13 heavy (non-hydrogen) atoms. The smallest absolute Gasteiger partial charge is 0.123 e. The van der Waals surface area contributed by atoms with Crippen LogP contribution in [0.1, 0.15) is 0 Å². The van der Waals surface area contributed by atoms with Gasteiger partial charge in [0, 0.05) is 11.5 Å². The number of rotatable bonds is 1. The summed E-state index contributed by atoms with van der Waals surface area (Å²) in [7, 11) is 0.0333. The van der Waals surface area contributed by atoms with E-state index in [-0.39, 0.29) is 16.7 Å². The minimum atomic E-state index is -0.120. The molecule has 0 aliphatic carbocycles. The maximum Gasteiger partial charge on any atom is 0.123 e. The second-order valence-electron chi connectivity index (χ2n) is 3.08. The molecule has 0 nitrogen and oxygen atoms in total. The molecule has 1 aliphatic heterocycles. The summed E-state index contributed by atoms with van der Waals surface area (Å²) in [6.07, 6.45) is 0. The molecule has 1 saturated heterocycles. The predicted molar refractivity (Wildman–Crippen MR) is 60.7 cm³/mol. The summed E-state index contributed by atoms with van der Waals surface area (Å²) in [6.45, 7) is 0. The molecule has 1 aromatic carbocycles. The van der Waals surface area contributed by atoms with Crippen molar-refractivity contribution < 1.29 is 4.39 Å². The van der Waals surface area contributed by atoms with Crippen LogP contribution >= 0.6 is 22.7 Å². The first-order valence-electron chi connectivity index (χ1n) is 4.44. The van der Waals surface area contributed by atoms with Gasteiger partial charge >= 0.3 is 0 Å². The molecule has 72 valence electrons. The molecule has 0 N–H and O–H groups in total. The largest absolute Gasteiger partial charge is 0.225 e. The van der Waals surface area contributed by atoms with Crippen molar-refractivity contribution in [2.75, 3.05) is 23.0 Å². The van der Waals surface area contributed by atoms with Crippen LogP contribution in [0.25, 0.3) is 0 Å². The molecule has 3 heteroatoms. The van der Waals surface area contributed by atoms with E-state index >= 15 is 0 Å². The summed E-state index contributed by atoms with van der Waals surface area (Å²) in [5, 5.41) is 0. The van der Waals surface area contributed by atoms with Crippen molar-refractivity contribution in [1.29, 1.82) is 0 Å². The van der Waals surface area contributed by atoms with Gasteiger partial charge in [0.05, 0.1) is 0 Å². The molecular formula is C10H13FS2. The van der Waals surface area contributed by atoms with Gasteiger partial charge in [-0.1, -0.05) is 0 Å². The quantitative estimate of drug-likeness (QED) is 0.704. The average Bonchev–Trinajstić information content (AvgIpc) is 2.20. The van der Waals surface area contributed by atoms with Crippen molar-refractivity contribution in [3.05, 3.63) is 30.1 Å². The predicted octanol–water partition coefficient (Wildman–Crippen LogP) is 2.93. The molecule has 0 atom stereocenters. The molecule has 0 unspecified atom stereocenters. The molecule has 1 heterocycles. The second-order valence-corrected chi connectivity index (χ2v) is 6.79. The lowest BCUT2D eigenvalue weighted by Gasteiger charge is -2.25. The molecule has 0 bridgehead atoms. The Morgan fingerprint density at radius 2 is 1.69 bits per heavy atom. The topological polar surface area (TPSA) is 0 Å². The van der Waals surface area contributed by atoms with Crippen LogP contribution in [0.15, 0.2) is 29.2 Å². The average molecular weight is 216 g/mol. The fraction of sp³-hybridized carbons (Fsp3) is 0.400. The van der Waals surface area contributed by atoms with Gasteiger partial charge in [0.15, 0.2) is 0 Å². The van der Waals surface area contributed by atoms with E-state index in [1.807, 2.05) is 23.9 Å². The van der Waals surface area contributed by atoms with Crippen molar-refractivity contribution in [2.45, 2.75) is 4.90 Å². The summed E-state index contributed by atoms with van der Waals surface area (Å²) < 4.78 is 12.7. The Morgan fingerprint density at radius 3 is 2.31 bits per heavy atom. The van der Waals surface area contributed by atoms with Gasteiger partial charge in [0.25, 0.3) is 0 Å². The molecule has 0 amide bonds. The minimum absolute atomic E-state index is 0.0333. The Labute approximate surface area is 85.3 Å². The molecule has 1 aromatic rings. The van der Waals surface area contributed by atoms with Crippen LogP contribution in [0.5, 0.6) is 0 Å². The zero-order chi connectivity index (χ0) is 9.10. The first-order chi connectivity index (χ1) is 6.36. The highest BCUT2D eigenvalue weighted by molar-refractivity contribution is 8.19. The maximum atomic E-state index is 12.7. The summed E-state index contributed by atoms with van der Waals surface area (Å²) in [5.41, 5.74) is 0. The maximum absolute atomic E-state index is 12.7. The van der Waals surface area contributed by atoms with Crippen molar-refractivity contribution in [1.82, 2.24) is 0 Å². The van der Waals surface area contributed by atoms with E-state index in [9.17, 15) is 4.39 Å². The number of hydrogen-bond donors (Lipinski definition) is 1. The number of hydrogen-bond acceptors (Lipinski definition) is 1. The summed E-state index contributed by atoms with van der Waals surface area (Å²) in [6, 6.07) is 7.08. The van der Waals surface area contributed by atoms with Gasteiger partial charge in [-0.25, -0.2) is 15.3 Å². The van der Waals surface area contributed by atoms with E-state index < -0.39 is 0 Å². The van der Waals surface area contributed by atoms with E-state index in [0.29, 0.717) is 0 Å². The lowest BCUT2D eigenvalue weighted by atomic mass is 10.4. The Bertz CT molecular complexity index is 265. The number of thioether (sulfide) groups is 1. The van der Waals surface area contributed by atoms with Crippen molar-refractivity contribution in [2.24, 2.45) is 0 Å². The number of thiol groups is 1. The fourth-order valence-corrected chi connectivity index (χ4v) is 5.78. The highest BCUT2D eigenvalue weighted by Crippen LogP contribution is 2.39. The highest BCUT2D eigenvalue weighted by atomic mass is 32.2. The van der Waals surface area contributed by atoms with Crippen LogP contribution in [-0.2, 0) is 0 Å². The normalized spacial score (nSPS) is 20.2. The summed E-state index contributed by atoms with van der Waals surface area (Å²) >= 11 is 2.04. The Hall–Kier alpha value is -0.150. The van der Waals surface area contributed by atoms with E-state index in [0.717, 1.165) is 0 Å². The molecule has 0 saturated carbocycles. The zero-order valence-corrected chi connectivity index (χ0v) is 9.08. The van der Waals surface area contributed by atoms with Gasteiger partial charge in [0.2, 0.25) is 0 Å². The third kappa shape index (κ3) is 2.41. The fourth-order valence-electron chi connectivity index (χ4n) is 1.47. The first kappa shape index (κ1) is 9.41. The monoisotopic (exact) mass is 216 g/mol. The van der Waals surface area contributed by atoms with Crippen molar-refractivity contribution in [3.63, 3.8) is 0 Å². The van der Waals surface area contributed by atoms with Crippen LogP contribution in [0, 0.1) is 5.82 Å². The lowest BCUT2D eigenvalue weighted by Crippen LogP contribution is -2.07. The lowest BCUT2D eigenvalue weighted by molar-refractivity contribution is 0.626. The Balaban J connectivity index is 2.10. The highest BCUT2D eigenvalue weighted by Gasteiger charge is 2.11. The third-order valence-corrected chi connectivity index (χ3v) is 6.35. The van der Waals surface area contributed by atoms with Gasteiger partial charge in [0.1, 0.15) is 5.82 Å². The van der Waals surface area contributed by atoms with Crippen LogP contribution in [0.2, 0.25) is 0 Å². The second kappa shape index (κ2) is 4.38. The van der Waals surface area contributed by atoms with Crippen molar-refractivity contribution >= 4 is 22.7 Å². The Kier molecular flexibility index (Phi) is 3.17. The van der Waals surface area contributed by atoms with Crippen molar-refractivity contribution in [3.8, 4) is 0 Å². The molecule has 2 rings (SSSR count). The van der Waals surface area contributed by atoms with Gasteiger partial charge in [-0.2, -0.15) is 11.8 Å². The molecule has 1 aliphatic rings. The molecule has 0 radical (unpaired) electrons. The van der Waals surface area contributed by atoms with Crippen LogP contribution in [0.4, 0.5) is 4.39 Å². The zero-order valence-electron chi connectivity index (χ0n) is 7.37. The molecular weight excluding hydrogens is 203 g/mol. The number of halogens is 1. The van der Waals surface area contributed by atoms with Gasteiger partial charge in [-0.3, -0.25) is 0 Å². The SMILES string of the molecule is Fc1ccc([SH]2CCSCC2)cc1. The van der Waals surface area contributed by atoms with E-state index in [1.165, 1.54) is 27.9 Å². The van der Waals surface area contributed by atoms with Crippen LogP contribution in [0.3, 0.4) is 0 Å². The summed E-state index contributed by atoms with van der Waals surface area (Å²) in [5.74, 6) is 5.06. The number of benzene rings is 1. The van der Waals surface area contributed by atoms with Gasteiger partial charge in [-0.05, 0) is 40.7 Å². The van der Waals surface area contributed by atoms with E-state index in [2.05, 4.69) is 0 Å². The molecule has 0 spiro atoms. The summed E-state index contributed by atoms with van der Waals surface area (Å²) in [4.78, 5) is 1.37. The van der Waals surface area contributed by atoms with Gasteiger partial charge < -0.3 is 0 Å². The van der Waals surface area contributed by atoms with Crippen LogP contribution < -0.4 is 0 Å². The van der Waals surface area contributed by atoms with E-state index in [1.54, 1.807) is 12.1 Å². The van der Waals surface area contributed by atoms with E-state index in [4.69, 9.17) is 0 Å². The third-order valence-electron chi connectivity index (χ3n) is 2.20. The minimum Gasteiger partial charge on any atom is -0.225 e.